The number of nitrogens with zero attached hydrogens (tertiary/aromatic N) is 2. The second-order valence-corrected chi connectivity index (χ2v) is 8.10. The smallest absolute Gasteiger partial charge is 0.349 e. The number of halogens is 2. The van der Waals surface area contributed by atoms with E-state index in [2.05, 4.69) is 29.3 Å². The van der Waals surface area contributed by atoms with E-state index in [1.54, 1.807) is 4.90 Å². The van der Waals surface area contributed by atoms with Gasteiger partial charge in [-0.3, -0.25) is 4.79 Å². The highest BCUT2D eigenvalue weighted by Crippen LogP contribution is 2.25. The van der Waals surface area contributed by atoms with Gasteiger partial charge in [-0.25, -0.2) is 4.79 Å². The Balaban J connectivity index is 0.00000171. The summed E-state index contributed by atoms with van der Waals surface area (Å²) in [5.41, 5.74) is 2.84. The van der Waals surface area contributed by atoms with Crippen molar-refractivity contribution < 1.29 is 9.21 Å². The molecule has 0 spiro atoms. The third-order valence-electron chi connectivity index (χ3n) is 6.10. The summed E-state index contributed by atoms with van der Waals surface area (Å²) in [6, 6.07) is 10.2. The monoisotopic (exact) mass is 467 g/mol. The fourth-order valence-electron chi connectivity index (χ4n) is 4.41. The average molecular weight is 468 g/mol. The molecule has 4 rings (SSSR count). The molecule has 2 aromatic rings. The van der Waals surface area contributed by atoms with Gasteiger partial charge < -0.3 is 19.5 Å². The topological polar surface area (TPSA) is 65.8 Å². The van der Waals surface area contributed by atoms with E-state index >= 15 is 0 Å². The van der Waals surface area contributed by atoms with Crippen molar-refractivity contribution >= 4 is 36.4 Å². The van der Waals surface area contributed by atoms with Gasteiger partial charge in [-0.2, -0.15) is 0 Å². The van der Waals surface area contributed by atoms with Gasteiger partial charge in [0.25, 0.3) is 5.91 Å². The van der Waals surface area contributed by atoms with Crippen LogP contribution in [0.5, 0.6) is 0 Å². The number of para-hydroxylation sites is 1. The first-order chi connectivity index (χ1) is 14.0. The van der Waals surface area contributed by atoms with Crippen LogP contribution in [0.1, 0.15) is 46.0 Å². The Bertz CT molecular complexity index is 949. The summed E-state index contributed by atoms with van der Waals surface area (Å²) in [4.78, 5) is 29.8. The van der Waals surface area contributed by atoms with E-state index in [-0.39, 0.29) is 42.2 Å². The Morgan fingerprint density at radius 2 is 1.77 bits per heavy atom. The molecule has 0 bridgehead atoms. The van der Waals surface area contributed by atoms with Crippen molar-refractivity contribution in [3.05, 3.63) is 63.2 Å². The van der Waals surface area contributed by atoms with Gasteiger partial charge in [0.1, 0.15) is 11.3 Å². The van der Waals surface area contributed by atoms with Crippen molar-refractivity contribution in [1.82, 2.24) is 10.2 Å². The van der Waals surface area contributed by atoms with Gasteiger partial charge in [0.05, 0.1) is 0 Å². The van der Waals surface area contributed by atoms with E-state index in [9.17, 15) is 9.59 Å². The number of anilines is 1. The number of rotatable bonds is 3. The zero-order valence-electron chi connectivity index (χ0n) is 18.1. The molecule has 170 valence electrons. The van der Waals surface area contributed by atoms with E-state index in [0.29, 0.717) is 24.4 Å². The number of piperazine rings is 1. The molecule has 0 aliphatic carbocycles. The summed E-state index contributed by atoms with van der Waals surface area (Å²) in [7, 11) is 0. The first-order valence-electron chi connectivity index (χ1n) is 10.5. The third kappa shape index (κ3) is 5.43. The fourth-order valence-corrected chi connectivity index (χ4v) is 4.41. The predicted octanol–water partition coefficient (Wildman–Crippen LogP) is 3.53. The SMILES string of the molecule is Cc1ccccc1N1CCN(C(=O)c2c(C)cc(C3CCCNC3)oc2=O)CC1.Cl.Cl. The lowest BCUT2D eigenvalue weighted by atomic mass is 9.95. The summed E-state index contributed by atoms with van der Waals surface area (Å²) >= 11 is 0. The summed E-state index contributed by atoms with van der Waals surface area (Å²) in [6.45, 7) is 8.47. The van der Waals surface area contributed by atoms with Crippen LogP contribution in [0.25, 0.3) is 0 Å². The van der Waals surface area contributed by atoms with Crippen molar-refractivity contribution in [2.45, 2.75) is 32.6 Å². The van der Waals surface area contributed by atoms with Crippen LogP contribution in [0.3, 0.4) is 0 Å². The lowest BCUT2D eigenvalue weighted by Gasteiger charge is -2.36. The standard InChI is InChI=1S/C23H29N3O3.2ClH/c1-16-6-3-4-8-19(16)25-10-12-26(13-11-25)22(27)21-17(2)14-20(29-23(21)28)18-7-5-9-24-15-18;;/h3-4,6,8,14,18,24H,5,7,9-13,15H2,1-2H3;2*1H. The van der Waals surface area contributed by atoms with Crippen molar-refractivity contribution in [1.29, 1.82) is 0 Å². The van der Waals surface area contributed by atoms with Gasteiger partial charge in [-0.15, -0.1) is 24.8 Å². The Morgan fingerprint density at radius 1 is 1.06 bits per heavy atom. The van der Waals surface area contributed by atoms with Crippen LogP contribution >= 0.6 is 24.8 Å². The van der Waals surface area contributed by atoms with Gasteiger partial charge in [0, 0.05) is 44.3 Å². The molecule has 1 aromatic heterocycles. The van der Waals surface area contributed by atoms with E-state index in [4.69, 9.17) is 4.42 Å². The molecule has 2 aliphatic rings. The van der Waals surface area contributed by atoms with Crippen LogP contribution < -0.4 is 15.8 Å². The quantitative estimate of drug-likeness (QED) is 0.747. The van der Waals surface area contributed by atoms with Gasteiger partial charge >= 0.3 is 5.63 Å². The maximum absolute atomic E-state index is 13.1. The van der Waals surface area contributed by atoms with E-state index in [0.717, 1.165) is 39.0 Å². The number of benzene rings is 1. The number of amides is 1. The molecule has 0 radical (unpaired) electrons. The molecule has 2 saturated heterocycles. The Hall–Kier alpha value is -2.02. The number of hydrogen-bond acceptors (Lipinski definition) is 5. The molecule has 6 nitrogen and oxygen atoms in total. The minimum Gasteiger partial charge on any atom is -0.427 e. The molecule has 1 atom stereocenters. The summed E-state index contributed by atoms with van der Waals surface area (Å²) in [6.07, 6.45) is 2.07. The molecule has 2 aliphatic heterocycles. The molecule has 1 aromatic carbocycles. The zero-order valence-corrected chi connectivity index (χ0v) is 19.7. The Morgan fingerprint density at radius 3 is 2.39 bits per heavy atom. The minimum absolute atomic E-state index is 0. The van der Waals surface area contributed by atoms with E-state index in [1.165, 1.54) is 11.3 Å². The van der Waals surface area contributed by atoms with Crippen molar-refractivity contribution in [3.63, 3.8) is 0 Å². The van der Waals surface area contributed by atoms with Crippen LogP contribution in [0.4, 0.5) is 5.69 Å². The number of aryl methyl sites for hydroxylation is 2. The summed E-state index contributed by atoms with van der Waals surface area (Å²) in [5, 5.41) is 3.34. The second kappa shape index (κ2) is 11.0. The average Bonchev–Trinajstić information content (AvgIpc) is 2.74. The number of carbonyl (C=O) groups excluding carboxylic acids is 1. The lowest BCUT2D eigenvalue weighted by molar-refractivity contribution is 0.0740. The molecule has 1 N–H and O–H groups in total. The summed E-state index contributed by atoms with van der Waals surface area (Å²) < 4.78 is 5.59. The van der Waals surface area contributed by atoms with Crippen LogP contribution in [0, 0.1) is 13.8 Å². The lowest BCUT2D eigenvalue weighted by Crippen LogP contribution is -2.49. The molecule has 3 heterocycles. The molecular formula is C23H31Cl2N3O3. The number of carbonyl (C=O) groups is 1. The summed E-state index contributed by atoms with van der Waals surface area (Å²) in [5.74, 6) is 0.687. The number of hydrogen-bond donors (Lipinski definition) is 1. The first kappa shape index (κ1) is 25.2. The molecule has 0 saturated carbocycles. The maximum atomic E-state index is 13.1. The highest BCUT2D eigenvalue weighted by Gasteiger charge is 2.28. The highest BCUT2D eigenvalue weighted by molar-refractivity contribution is 5.95. The minimum atomic E-state index is -0.503. The van der Waals surface area contributed by atoms with Crippen molar-refractivity contribution in [3.8, 4) is 0 Å². The van der Waals surface area contributed by atoms with E-state index in [1.807, 2.05) is 25.1 Å². The largest absolute Gasteiger partial charge is 0.427 e. The zero-order chi connectivity index (χ0) is 20.4. The van der Waals surface area contributed by atoms with Gasteiger partial charge in [0.2, 0.25) is 0 Å². The predicted molar refractivity (Wildman–Crippen MR) is 128 cm³/mol. The maximum Gasteiger partial charge on any atom is 0.349 e. The van der Waals surface area contributed by atoms with Crippen LogP contribution in [-0.4, -0.2) is 50.1 Å². The molecule has 31 heavy (non-hydrogen) atoms. The third-order valence-corrected chi connectivity index (χ3v) is 6.10. The highest BCUT2D eigenvalue weighted by atomic mass is 35.5. The fraction of sp³-hybridized carbons (Fsp3) is 0.478. The first-order valence-corrected chi connectivity index (χ1v) is 10.5. The van der Waals surface area contributed by atoms with Crippen LogP contribution in [-0.2, 0) is 0 Å². The molecule has 8 heteroatoms. The van der Waals surface area contributed by atoms with Crippen molar-refractivity contribution in [2.24, 2.45) is 0 Å². The molecule has 1 amide bonds. The Kier molecular flexibility index (Phi) is 8.98. The molecule has 2 fully saturated rings. The Labute approximate surface area is 195 Å². The second-order valence-electron chi connectivity index (χ2n) is 8.10. The van der Waals surface area contributed by atoms with E-state index < -0.39 is 5.63 Å². The normalized spacial score (nSPS) is 18.7. The molecule has 1 unspecified atom stereocenters. The van der Waals surface area contributed by atoms with Crippen LogP contribution in [0.2, 0.25) is 0 Å². The number of nitrogens with one attached hydrogen (secondary N) is 1. The van der Waals surface area contributed by atoms with Crippen molar-refractivity contribution in [2.75, 3.05) is 44.2 Å². The van der Waals surface area contributed by atoms with Gasteiger partial charge in [-0.05, 0) is 56.5 Å². The molecular weight excluding hydrogens is 437 g/mol. The van der Waals surface area contributed by atoms with Crippen LogP contribution in [0.15, 0.2) is 39.5 Å². The van der Waals surface area contributed by atoms with Gasteiger partial charge in [-0.1, -0.05) is 18.2 Å². The van der Waals surface area contributed by atoms with Gasteiger partial charge in [0.15, 0.2) is 0 Å². The number of piperidine rings is 1.